The minimum Gasteiger partial charge on any atom is -0.382 e. The zero-order valence-electron chi connectivity index (χ0n) is 21.8. The van der Waals surface area contributed by atoms with Crippen LogP contribution in [0.15, 0.2) is 52.3 Å². The van der Waals surface area contributed by atoms with Gasteiger partial charge in [-0.15, -0.1) is 11.3 Å². The molecule has 216 valence electrons. The molecular weight excluding hydrogens is 579 g/mol. The van der Waals surface area contributed by atoms with E-state index in [0.29, 0.717) is 26.0 Å². The Bertz CT molecular complexity index is 1730. The highest BCUT2D eigenvalue weighted by Crippen LogP contribution is 2.44. The highest BCUT2D eigenvalue weighted by Gasteiger charge is 2.38. The van der Waals surface area contributed by atoms with E-state index in [9.17, 15) is 27.9 Å². The summed E-state index contributed by atoms with van der Waals surface area (Å²) in [5, 5.41) is 13.5. The number of alkyl halides is 3. The molecule has 2 aliphatic rings. The summed E-state index contributed by atoms with van der Waals surface area (Å²) >= 11 is 7.98. The predicted molar refractivity (Wildman–Crippen MR) is 153 cm³/mol. The van der Waals surface area contributed by atoms with Crippen LogP contribution in [-0.2, 0) is 19.5 Å². The number of pyridine rings is 1. The van der Waals surface area contributed by atoms with Crippen LogP contribution in [0.5, 0.6) is 0 Å². The normalized spacial score (nSPS) is 18.2. The molecule has 1 unspecified atom stereocenters. The Kier molecular flexibility index (Phi) is 7.43. The van der Waals surface area contributed by atoms with Gasteiger partial charge in [-0.2, -0.15) is 13.2 Å². The number of nitrogens with one attached hydrogen (secondary N) is 1. The third-order valence-electron chi connectivity index (χ3n) is 7.72. The number of hydrogen-bond donors (Lipinski definition) is 2. The highest BCUT2D eigenvalue weighted by atomic mass is 35.5. The molecule has 8 nitrogen and oxygen atoms in total. The van der Waals surface area contributed by atoms with Crippen LogP contribution in [0.2, 0.25) is 5.02 Å². The molecule has 5 heterocycles. The fraction of sp³-hybridized carbons (Fsp3) is 0.393. The molecule has 0 bridgehead atoms. The van der Waals surface area contributed by atoms with E-state index in [2.05, 4.69) is 15.2 Å². The lowest BCUT2D eigenvalue weighted by molar-refractivity contribution is -0.207. The van der Waals surface area contributed by atoms with E-state index < -0.39 is 30.1 Å². The van der Waals surface area contributed by atoms with Gasteiger partial charge in [-0.1, -0.05) is 11.6 Å². The van der Waals surface area contributed by atoms with Crippen LogP contribution < -0.4 is 21.5 Å². The number of benzene rings is 1. The number of hydrogen-bond acceptors (Lipinski definition) is 7. The van der Waals surface area contributed by atoms with Crippen molar-refractivity contribution in [1.29, 1.82) is 0 Å². The summed E-state index contributed by atoms with van der Waals surface area (Å²) in [6, 6.07) is 9.14. The SMILES string of the molecule is O=c1ccn(CC(O)C(F)(F)F)c(=O)n1Cc1cc2nccc(-c3cc(Cl)cc4c3N([C@H]3CCNC3)CCC4)c2s1. The summed E-state index contributed by atoms with van der Waals surface area (Å²) in [4.78, 5) is 33.1. The summed E-state index contributed by atoms with van der Waals surface area (Å²) in [6.07, 6.45) is -1.92. The van der Waals surface area contributed by atoms with Gasteiger partial charge in [-0.05, 0) is 55.6 Å². The van der Waals surface area contributed by atoms with E-state index in [1.54, 1.807) is 12.3 Å². The Hall–Kier alpha value is -3.19. The van der Waals surface area contributed by atoms with Crippen LogP contribution in [0, 0.1) is 0 Å². The maximum Gasteiger partial charge on any atom is 0.416 e. The van der Waals surface area contributed by atoms with Crippen molar-refractivity contribution in [3.8, 4) is 11.1 Å². The number of nitrogens with zero attached hydrogens (tertiary/aromatic N) is 4. The summed E-state index contributed by atoms with van der Waals surface area (Å²) in [5.74, 6) is 0. The van der Waals surface area contributed by atoms with Crippen molar-refractivity contribution in [2.24, 2.45) is 0 Å². The molecule has 0 radical (unpaired) electrons. The molecule has 0 saturated carbocycles. The Morgan fingerprint density at radius 3 is 2.78 bits per heavy atom. The van der Waals surface area contributed by atoms with Crippen LogP contribution in [-0.4, -0.2) is 57.2 Å². The zero-order chi connectivity index (χ0) is 28.9. The fourth-order valence-corrected chi connectivity index (χ4v) is 7.15. The molecule has 0 spiro atoms. The van der Waals surface area contributed by atoms with Crippen molar-refractivity contribution in [2.75, 3.05) is 24.5 Å². The predicted octanol–water partition coefficient (Wildman–Crippen LogP) is 4.03. The summed E-state index contributed by atoms with van der Waals surface area (Å²) < 4.78 is 41.1. The second-order valence-corrected chi connectivity index (χ2v) is 12.0. The van der Waals surface area contributed by atoms with Gasteiger partial charge in [0.1, 0.15) is 0 Å². The topological polar surface area (TPSA) is 92.4 Å². The Balaban J connectivity index is 1.40. The molecule has 0 aliphatic carbocycles. The van der Waals surface area contributed by atoms with E-state index in [0.717, 1.165) is 71.6 Å². The first kappa shape index (κ1) is 28.0. The second-order valence-electron chi connectivity index (χ2n) is 10.4. The van der Waals surface area contributed by atoms with E-state index in [4.69, 9.17) is 11.6 Å². The number of aromatic nitrogens is 3. The third-order valence-corrected chi connectivity index (χ3v) is 9.08. The smallest absolute Gasteiger partial charge is 0.382 e. The van der Waals surface area contributed by atoms with Gasteiger partial charge in [0.25, 0.3) is 5.56 Å². The van der Waals surface area contributed by atoms with Crippen molar-refractivity contribution < 1.29 is 18.3 Å². The first-order chi connectivity index (χ1) is 19.6. The molecule has 1 saturated heterocycles. The molecule has 0 amide bonds. The van der Waals surface area contributed by atoms with Gasteiger partial charge < -0.3 is 15.3 Å². The Labute approximate surface area is 241 Å². The van der Waals surface area contributed by atoms with Crippen LogP contribution in [0.3, 0.4) is 0 Å². The third kappa shape index (κ3) is 5.41. The number of anilines is 1. The lowest BCUT2D eigenvalue weighted by Gasteiger charge is -2.38. The van der Waals surface area contributed by atoms with Gasteiger partial charge in [0.05, 0.1) is 23.3 Å². The van der Waals surface area contributed by atoms with Gasteiger partial charge in [0, 0.05) is 64.3 Å². The molecule has 1 aromatic carbocycles. The number of aliphatic hydroxyl groups excluding tert-OH is 1. The van der Waals surface area contributed by atoms with Crippen molar-refractivity contribution in [3.63, 3.8) is 0 Å². The standard InChI is InChI=1S/C28H27ClF3N5O3S/c29-17-10-16-2-1-8-36(18-3-6-33-13-18)25(16)21(11-17)20-4-7-34-22-12-19(41-26(20)22)14-37-24(39)5-9-35(27(37)40)15-23(38)28(30,31)32/h4-5,7,9-12,18,23,33,38H,1-3,6,8,13-15H2/t18-,23?/m0/s1. The van der Waals surface area contributed by atoms with E-state index in [1.807, 2.05) is 18.2 Å². The molecular formula is C28H27ClF3N5O3S. The lowest BCUT2D eigenvalue weighted by Crippen LogP contribution is -2.43. The quantitative estimate of drug-likeness (QED) is 0.345. The van der Waals surface area contributed by atoms with E-state index in [-0.39, 0.29) is 6.54 Å². The molecule has 2 N–H and O–H groups in total. The molecule has 4 aromatic rings. The average molecular weight is 606 g/mol. The first-order valence-electron chi connectivity index (χ1n) is 13.3. The Morgan fingerprint density at radius 2 is 2.02 bits per heavy atom. The number of thiophene rings is 1. The van der Waals surface area contributed by atoms with Crippen LogP contribution >= 0.6 is 22.9 Å². The molecule has 2 atom stereocenters. The van der Waals surface area contributed by atoms with Crippen LogP contribution in [0.4, 0.5) is 18.9 Å². The van der Waals surface area contributed by atoms with Gasteiger partial charge in [0.2, 0.25) is 0 Å². The minimum atomic E-state index is -4.89. The van der Waals surface area contributed by atoms with Gasteiger partial charge in [0.15, 0.2) is 6.10 Å². The van der Waals surface area contributed by atoms with Gasteiger partial charge in [-0.25, -0.2) is 4.79 Å². The van der Waals surface area contributed by atoms with Gasteiger partial charge >= 0.3 is 11.9 Å². The summed E-state index contributed by atoms with van der Waals surface area (Å²) in [5.41, 5.74) is 3.40. The largest absolute Gasteiger partial charge is 0.416 e. The maximum absolute atomic E-state index is 12.9. The number of halogens is 4. The number of fused-ring (bicyclic) bond motifs is 2. The second kappa shape index (κ2) is 10.9. The van der Waals surface area contributed by atoms with E-state index >= 15 is 0 Å². The Morgan fingerprint density at radius 1 is 1.20 bits per heavy atom. The highest BCUT2D eigenvalue weighted by molar-refractivity contribution is 7.19. The first-order valence-corrected chi connectivity index (χ1v) is 14.5. The maximum atomic E-state index is 12.9. The molecule has 3 aromatic heterocycles. The van der Waals surface area contributed by atoms with E-state index in [1.165, 1.54) is 22.6 Å². The van der Waals surface area contributed by atoms with Crippen molar-refractivity contribution >= 4 is 38.8 Å². The van der Waals surface area contributed by atoms with Crippen LogP contribution in [0.1, 0.15) is 23.3 Å². The molecule has 13 heteroatoms. The number of rotatable bonds is 6. The molecule has 41 heavy (non-hydrogen) atoms. The van der Waals surface area contributed by atoms with Crippen molar-refractivity contribution in [3.05, 3.63) is 79.0 Å². The fourth-order valence-electron chi connectivity index (χ4n) is 5.78. The van der Waals surface area contributed by atoms with Crippen molar-refractivity contribution in [2.45, 2.75) is 50.7 Å². The van der Waals surface area contributed by atoms with Crippen LogP contribution in [0.25, 0.3) is 21.3 Å². The summed E-state index contributed by atoms with van der Waals surface area (Å²) in [6.45, 7) is 1.69. The number of aliphatic hydroxyl groups is 1. The average Bonchev–Trinajstić information content (AvgIpc) is 3.61. The summed E-state index contributed by atoms with van der Waals surface area (Å²) in [7, 11) is 0. The van der Waals surface area contributed by atoms with Gasteiger partial charge in [-0.3, -0.25) is 18.9 Å². The lowest BCUT2D eigenvalue weighted by atomic mass is 9.92. The zero-order valence-corrected chi connectivity index (χ0v) is 23.4. The monoisotopic (exact) mass is 605 g/mol. The molecule has 1 fully saturated rings. The molecule has 2 aliphatic heterocycles. The molecule has 6 rings (SSSR count). The van der Waals surface area contributed by atoms with Crippen molar-refractivity contribution in [1.82, 2.24) is 19.4 Å². The number of aryl methyl sites for hydroxylation is 1. The minimum absolute atomic E-state index is 0.144.